The molecule has 22 heavy (non-hydrogen) atoms. The van der Waals surface area contributed by atoms with E-state index >= 15 is 0 Å². The number of pyridine rings is 1. The van der Waals surface area contributed by atoms with Crippen molar-refractivity contribution in [1.29, 1.82) is 0 Å². The molecule has 0 saturated carbocycles. The average Bonchev–Trinajstić information content (AvgIpc) is 2.91. The van der Waals surface area contributed by atoms with Gasteiger partial charge in [0.05, 0.1) is 16.6 Å². The highest BCUT2D eigenvalue weighted by Gasteiger charge is 2.18. The fraction of sp³-hybridized carbons (Fsp3) is 0.133. The van der Waals surface area contributed by atoms with Crippen LogP contribution < -0.4 is 5.32 Å². The number of benzene rings is 1. The molecule has 0 radical (unpaired) electrons. The second-order valence-electron chi connectivity index (χ2n) is 4.81. The number of fused-ring (bicyclic) bond motifs is 1. The molecular formula is C15H12ClFN4O. The number of hydrogen-bond acceptors (Lipinski definition) is 3. The number of carbonyl (C=O) groups is 1. The van der Waals surface area contributed by atoms with Gasteiger partial charge in [0.15, 0.2) is 11.5 Å². The molecule has 0 spiro atoms. The number of nitrogens with zero attached hydrogens (tertiary/aromatic N) is 3. The van der Waals surface area contributed by atoms with Crippen LogP contribution in [0, 0.1) is 5.82 Å². The molecule has 7 heteroatoms. The van der Waals surface area contributed by atoms with Gasteiger partial charge in [-0.25, -0.2) is 4.39 Å². The van der Waals surface area contributed by atoms with Crippen molar-refractivity contribution in [3.8, 4) is 0 Å². The minimum absolute atomic E-state index is 0.0656. The van der Waals surface area contributed by atoms with Crippen molar-refractivity contribution in [2.45, 2.75) is 13.0 Å². The van der Waals surface area contributed by atoms with Crippen LogP contribution in [0.15, 0.2) is 42.6 Å². The topological polar surface area (TPSA) is 59.3 Å². The van der Waals surface area contributed by atoms with E-state index in [9.17, 15) is 9.18 Å². The second kappa shape index (κ2) is 5.73. The van der Waals surface area contributed by atoms with Crippen LogP contribution in [0.3, 0.4) is 0 Å². The molecule has 3 rings (SSSR count). The van der Waals surface area contributed by atoms with Gasteiger partial charge in [0.1, 0.15) is 5.82 Å². The highest BCUT2D eigenvalue weighted by atomic mass is 35.5. The van der Waals surface area contributed by atoms with E-state index in [0.29, 0.717) is 11.5 Å². The van der Waals surface area contributed by atoms with Gasteiger partial charge in [-0.05, 0) is 37.3 Å². The highest BCUT2D eigenvalue weighted by Crippen LogP contribution is 2.19. The standard InChI is InChI=1S/C15H12ClFN4O/c1-9(14-20-19-13-4-2-3-7-21(13)14)18-15(22)11-6-5-10(17)8-12(11)16/h2-9H,1H3,(H,18,22)/t9-/m0/s1. The van der Waals surface area contributed by atoms with Crippen LogP contribution in [0.2, 0.25) is 5.02 Å². The number of amides is 1. The number of nitrogens with one attached hydrogen (secondary N) is 1. The first-order valence-corrected chi connectivity index (χ1v) is 6.99. The number of carbonyl (C=O) groups excluding carboxylic acids is 1. The summed E-state index contributed by atoms with van der Waals surface area (Å²) in [6, 6.07) is 8.79. The summed E-state index contributed by atoms with van der Waals surface area (Å²) in [7, 11) is 0. The Morgan fingerprint density at radius 2 is 2.14 bits per heavy atom. The Labute approximate surface area is 130 Å². The molecule has 0 aliphatic carbocycles. The lowest BCUT2D eigenvalue weighted by Gasteiger charge is -2.13. The van der Waals surface area contributed by atoms with Gasteiger partial charge < -0.3 is 5.32 Å². The molecule has 5 nitrogen and oxygen atoms in total. The van der Waals surface area contributed by atoms with Crippen LogP contribution in [-0.4, -0.2) is 20.5 Å². The van der Waals surface area contributed by atoms with Gasteiger partial charge in [0.25, 0.3) is 5.91 Å². The maximum absolute atomic E-state index is 13.0. The molecule has 0 aliphatic heterocycles. The average molecular weight is 319 g/mol. The molecule has 0 bridgehead atoms. The molecule has 0 saturated heterocycles. The van der Waals surface area contributed by atoms with Crippen LogP contribution in [0.4, 0.5) is 4.39 Å². The van der Waals surface area contributed by atoms with Gasteiger partial charge in [-0.1, -0.05) is 17.7 Å². The SMILES string of the molecule is C[C@H](NC(=O)c1ccc(F)cc1Cl)c1nnc2ccccn12. The van der Waals surface area contributed by atoms with E-state index in [1.165, 1.54) is 12.1 Å². The van der Waals surface area contributed by atoms with Crippen LogP contribution in [0.25, 0.3) is 5.65 Å². The van der Waals surface area contributed by atoms with E-state index < -0.39 is 11.7 Å². The summed E-state index contributed by atoms with van der Waals surface area (Å²) in [5.41, 5.74) is 0.905. The third-order valence-electron chi connectivity index (χ3n) is 3.25. The first-order valence-electron chi connectivity index (χ1n) is 6.62. The number of aromatic nitrogens is 3. The van der Waals surface area contributed by atoms with Crippen LogP contribution >= 0.6 is 11.6 Å². The molecule has 0 unspecified atom stereocenters. The van der Waals surface area contributed by atoms with E-state index in [1.807, 2.05) is 24.4 Å². The quantitative estimate of drug-likeness (QED) is 0.807. The first kappa shape index (κ1) is 14.5. The van der Waals surface area contributed by atoms with Crippen molar-refractivity contribution in [1.82, 2.24) is 19.9 Å². The van der Waals surface area contributed by atoms with Crippen molar-refractivity contribution in [2.24, 2.45) is 0 Å². The fourth-order valence-corrected chi connectivity index (χ4v) is 2.42. The van der Waals surface area contributed by atoms with Crippen molar-refractivity contribution >= 4 is 23.2 Å². The van der Waals surface area contributed by atoms with Crippen LogP contribution in [-0.2, 0) is 0 Å². The predicted molar refractivity (Wildman–Crippen MR) is 80.3 cm³/mol. The van der Waals surface area contributed by atoms with E-state index in [1.54, 1.807) is 11.3 Å². The summed E-state index contributed by atoms with van der Waals surface area (Å²) >= 11 is 5.89. The lowest BCUT2D eigenvalue weighted by atomic mass is 10.2. The Morgan fingerprint density at radius 1 is 1.32 bits per heavy atom. The van der Waals surface area contributed by atoms with E-state index in [2.05, 4.69) is 15.5 Å². The lowest BCUT2D eigenvalue weighted by molar-refractivity contribution is 0.0938. The Hall–Kier alpha value is -2.47. The first-order chi connectivity index (χ1) is 10.6. The van der Waals surface area contributed by atoms with Gasteiger partial charge >= 0.3 is 0 Å². The molecule has 1 N–H and O–H groups in total. The highest BCUT2D eigenvalue weighted by molar-refractivity contribution is 6.33. The van der Waals surface area contributed by atoms with Gasteiger partial charge in [0.2, 0.25) is 0 Å². The summed E-state index contributed by atoms with van der Waals surface area (Å²) < 4.78 is 14.8. The van der Waals surface area contributed by atoms with Crippen LogP contribution in [0.1, 0.15) is 29.1 Å². The molecule has 0 aliphatic rings. The number of halogens is 2. The fourth-order valence-electron chi connectivity index (χ4n) is 2.17. The summed E-state index contributed by atoms with van der Waals surface area (Å²) in [5, 5.41) is 11.0. The molecule has 3 aromatic rings. The van der Waals surface area contributed by atoms with Crippen molar-refractivity contribution in [3.05, 3.63) is 64.8 Å². The Kier molecular flexibility index (Phi) is 3.77. The normalized spacial score (nSPS) is 12.3. The van der Waals surface area contributed by atoms with Crippen molar-refractivity contribution in [3.63, 3.8) is 0 Å². The van der Waals surface area contributed by atoms with Gasteiger partial charge in [-0.2, -0.15) is 0 Å². The van der Waals surface area contributed by atoms with Gasteiger partial charge in [-0.15, -0.1) is 10.2 Å². The summed E-state index contributed by atoms with van der Waals surface area (Å²) in [5.74, 6) is -0.287. The summed E-state index contributed by atoms with van der Waals surface area (Å²) in [6.07, 6.45) is 1.82. The largest absolute Gasteiger partial charge is 0.342 e. The second-order valence-corrected chi connectivity index (χ2v) is 5.21. The third-order valence-corrected chi connectivity index (χ3v) is 3.56. The van der Waals surface area contributed by atoms with Gasteiger partial charge in [0, 0.05) is 6.20 Å². The molecule has 2 aromatic heterocycles. The maximum Gasteiger partial charge on any atom is 0.253 e. The van der Waals surface area contributed by atoms with Crippen LogP contribution in [0.5, 0.6) is 0 Å². The van der Waals surface area contributed by atoms with E-state index in [0.717, 1.165) is 6.07 Å². The summed E-state index contributed by atoms with van der Waals surface area (Å²) in [6.45, 7) is 1.79. The molecule has 1 amide bonds. The Balaban J connectivity index is 1.84. The Bertz CT molecular complexity index is 848. The predicted octanol–water partition coefficient (Wildman–Crippen LogP) is 3.01. The maximum atomic E-state index is 13.0. The third kappa shape index (κ3) is 2.65. The van der Waals surface area contributed by atoms with Crippen molar-refractivity contribution < 1.29 is 9.18 Å². The smallest absolute Gasteiger partial charge is 0.253 e. The zero-order valence-corrected chi connectivity index (χ0v) is 12.4. The van der Waals surface area contributed by atoms with E-state index in [4.69, 9.17) is 11.6 Å². The minimum atomic E-state index is -0.488. The molecule has 1 atom stereocenters. The molecular weight excluding hydrogens is 307 g/mol. The molecule has 2 heterocycles. The monoisotopic (exact) mass is 318 g/mol. The Morgan fingerprint density at radius 3 is 2.91 bits per heavy atom. The van der Waals surface area contributed by atoms with Crippen molar-refractivity contribution in [2.75, 3.05) is 0 Å². The zero-order chi connectivity index (χ0) is 15.7. The zero-order valence-electron chi connectivity index (χ0n) is 11.6. The number of rotatable bonds is 3. The molecule has 1 aromatic carbocycles. The minimum Gasteiger partial charge on any atom is -0.342 e. The van der Waals surface area contributed by atoms with Gasteiger partial charge in [-0.3, -0.25) is 9.20 Å². The lowest BCUT2D eigenvalue weighted by Crippen LogP contribution is -2.28. The molecule has 0 fully saturated rings. The number of hydrogen-bond donors (Lipinski definition) is 1. The molecule has 112 valence electrons. The van der Waals surface area contributed by atoms with E-state index in [-0.39, 0.29) is 16.6 Å². The summed E-state index contributed by atoms with van der Waals surface area (Å²) in [4.78, 5) is 12.2.